The SMILES string of the molecule is Cc1c(/C(N)=C/N(N)c2cc(C(=O)Nc3cc(CN(C)C)cc(C(F)(F)F)c3)ccc2Cl)cnn1C. The van der Waals surface area contributed by atoms with Gasteiger partial charge in [-0.05, 0) is 63.0 Å². The largest absolute Gasteiger partial charge is 0.416 e. The van der Waals surface area contributed by atoms with E-state index in [0.717, 1.165) is 17.8 Å². The summed E-state index contributed by atoms with van der Waals surface area (Å²) in [5, 5.41) is 8.09. The van der Waals surface area contributed by atoms with Gasteiger partial charge in [0.1, 0.15) is 0 Å². The van der Waals surface area contributed by atoms with Gasteiger partial charge in [-0.15, -0.1) is 0 Å². The monoisotopic (exact) mass is 521 g/mol. The molecule has 1 amide bonds. The lowest BCUT2D eigenvalue weighted by molar-refractivity contribution is -0.137. The van der Waals surface area contributed by atoms with Gasteiger partial charge >= 0.3 is 6.18 Å². The molecule has 0 fully saturated rings. The van der Waals surface area contributed by atoms with E-state index in [9.17, 15) is 18.0 Å². The number of nitrogens with one attached hydrogen (secondary N) is 1. The molecule has 2 aromatic carbocycles. The highest BCUT2D eigenvalue weighted by molar-refractivity contribution is 6.33. The number of aromatic nitrogens is 2. The summed E-state index contributed by atoms with van der Waals surface area (Å²) in [5.41, 5.74) is 7.97. The van der Waals surface area contributed by atoms with E-state index in [-0.39, 0.29) is 28.5 Å². The predicted molar refractivity (Wildman–Crippen MR) is 135 cm³/mol. The third-order valence-electron chi connectivity index (χ3n) is 5.39. The van der Waals surface area contributed by atoms with Crippen molar-refractivity contribution in [1.29, 1.82) is 0 Å². The van der Waals surface area contributed by atoms with Crippen LogP contribution in [0, 0.1) is 6.92 Å². The number of rotatable bonds is 7. The van der Waals surface area contributed by atoms with Gasteiger partial charge in [0.2, 0.25) is 0 Å². The predicted octanol–water partition coefficient (Wildman–Crippen LogP) is 4.35. The molecule has 3 rings (SSSR count). The fourth-order valence-electron chi connectivity index (χ4n) is 3.51. The van der Waals surface area contributed by atoms with Crippen LogP contribution in [0.4, 0.5) is 24.5 Å². The first-order valence-electron chi connectivity index (χ1n) is 10.7. The van der Waals surface area contributed by atoms with Crippen LogP contribution in [0.1, 0.15) is 32.7 Å². The van der Waals surface area contributed by atoms with Crippen LogP contribution in [0.25, 0.3) is 5.70 Å². The van der Waals surface area contributed by atoms with Crippen LogP contribution in [-0.2, 0) is 19.8 Å². The number of nitrogens with two attached hydrogens (primary N) is 2. The van der Waals surface area contributed by atoms with Gasteiger partial charge in [0.05, 0.1) is 28.2 Å². The average molecular weight is 522 g/mol. The third-order valence-corrected chi connectivity index (χ3v) is 5.71. The van der Waals surface area contributed by atoms with Gasteiger partial charge in [0.15, 0.2) is 0 Å². The van der Waals surface area contributed by atoms with Crippen LogP contribution in [0.3, 0.4) is 0 Å². The Balaban J connectivity index is 1.89. The lowest BCUT2D eigenvalue weighted by atomic mass is 10.1. The van der Waals surface area contributed by atoms with E-state index in [4.69, 9.17) is 23.2 Å². The van der Waals surface area contributed by atoms with Crippen molar-refractivity contribution in [1.82, 2.24) is 14.7 Å². The highest BCUT2D eigenvalue weighted by atomic mass is 35.5. The maximum absolute atomic E-state index is 13.4. The van der Waals surface area contributed by atoms with Gasteiger partial charge in [-0.3, -0.25) is 14.5 Å². The summed E-state index contributed by atoms with van der Waals surface area (Å²) in [7, 11) is 5.26. The van der Waals surface area contributed by atoms with Crippen LogP contribution in [0.5, 0.6) is 0 Å². The van der Waals surface area contributed by atoms with Gasteiger partial charge in [-0.2, -0.15) is 18.3 Å². The van der Waals surface area contributed by atoms with Crippen molar-refractivity contribution < 1.29 is 18.0 Å². The number of halogens is 4. The fourth-order valence-corrected chi connectivity index (χ4v) is 3.73. The van der Waals surface area contributed by atoms with Crippen molar-refractivity contribution in [2.45, 2.75) is 19.6 Å². The van der Waals surface area contributed by atoms with Crippen LogP contribution in [0.15, 0.2) is 48.8 Å². The minimum atomic E-state index is -4.56. The van der Waals surface area contributed by atoms with Gasteiger partial charge < -0.3 is 16.0 Å². The molecule has 0 radical (unpaired) electrons. The van der Waals surface area contributed by atoms with Gasteiger partial charge in [0, 0.05) is 42.3 Å². The van der Waals surface area contributed by atoms with Crippen molar-refractivity contribution in [3.63, 3.8) is 0 Å². The standard InChI is InChI=1S/C24H27ClF3N7O/c1-14-19(11-31-34(14)4)21(29)13-35(30)22-9-16(5-6-20(22)25)23(36)32-18-8-15(12-33(2)3)7-17(10-18)24(26,27)28/h5-11,13H,12,29-30H2,1-4H3,(H,32,36)/b21-13-. The number of hydrazine groups is 1. The molecule has 8 nitrogen and oxygen atoms in total. The normalized spacial score (nSPS) is 12.2. The summed E-state index contributed by atoms with van der Waals surface area (Å²) in [5.74, 6) is 5.52. The summed E-state index contributed by atoms with van der Waals surface area (Å²) in [6.07, 6.45) is -1.53. The average Bonchev–Trinajstić information content (AvgIpc) is 3.11. The molecule has 36 heavy (non-hydrogen) atoms. The Kier molecular flexibility index (Phi) is 7.97. The molecule has 5 N–H and O–H groups in total. The summed E-state index contributed by atoms with van der Waals surface area (Å²) in [6.45, 7) is 2.11. The quantitative estimate of drug-likeness (QED) is 0.315. The molecule has 0 atom stereocenters. The van der Waals surface area contributed by atoms with Gasteiger partial charge in [-0.25, -0.2) is 5.84 Å². The van der Waals surface area contributed by atoms with Crippen LogP contribution < -0.4 is 21.9 Å². The van der Waals surface area contributed by atoms with Crippen LogP contribution in [-0.4, -0.2) is 34.7 Å². The number of hydrogen-bond donors (Lipinski definition) is 3. The smallest absolute Gasteiger partial charge is 0.397 e. The molecule has 0 aliphatic rings. The molecule has 1 aromatic heterocycles. The molecular formula is C24H27ClF3N7O. The zero-order chi connectivity index (χ0) is 26.8. The molecule has 0 spiro atoms. The molecule has 3 aromatic rings. The maximum atomic E-state index is 13.4. The molecule has 192 valence electrons. The van der Waals surface area contributed by atoms with Crippen molar-refractivity contribution in [2.75, 3.05) is 24.4 Å². The molecule has 0 aliphatic heterocycles. The van der Waals surface area contributed by atoms with E-state index in [0.29, 0.717) is 16.8 Å². The van der Waals surface area contributed by atoms with E-state index in [1.165, 1.54) is 35.5 Å². The topological polar surface area (TPSA) is 105 Å². The maximum Gasteiger partial charge on any atom is 0.416 e. The first-order valence-corrected chi connectivity index (χ1v) is 11.1. The number of alkyl halides is 3. The molecule has 0 saturated carbocycles. The molecule has 1 heterocycles. The number of nitrogens with zero attached hydrogens (tertiary/aromatic N) is 4. The van der Waals surface area contributed by atoms with Crippen molar-refractivity contribution in [2.24, 2.45) is 18.6 Å². The lowest BCUT2D eigenvalue weighted by Crippen LogP contribution is -2.26. The molecule has 0 aliphatic carbocycles. The van der Waals surface area contributed by atoms with E-state index < -0.39 is 17.6 Å². The van der Waals surface area contributed by atoms with Crippen molar-refractivity contribution >= 4 is 34.6 Å². The highest BCUT2D eigenvalue weighted by Crippen LogP contribution is 2.33. The number of aryl methyl sites for hydroxylation is 1. The Morgan fingerprint density at radius 1 is 1.22 bits per heavy atom. The van der Waals surface area contributed by atoms with E-state index in [1.54, 1.807) is 36.9 Å². The first kappa shape index (κ1) is 27.1. The number of carbonyl (C=O) groups is 1. The minimum Gasteiger partial charge on any atom is -0.397 e. The molecule has 0 bridgehead atoms. The molecular weight excluding hydrogens is 495 g/mol. The Morgan fingerprint density at radius 2 is 1.92 bits per heavy atom. The molecule has 0 unspecified atom stereocenters. The van der Waals surface area contributed by atoms with Crippen molar-refractivity contribution in [3.8, 4) is 0 Å². The zero-order valence-corrected chi connectivity index (χ0v) is 20.9. The second kappa shape index (κ2) is 10.6. The Morgan fingerprint density at radius 3 is 2.50 bits per heavy atom. The number of amides is 1. The van der Waals surface area contributed by atoms with Gasteiger partial charge in [0.25, 0.3) is 5.91 Å². The first-order chi connectivity index (χ1) is 16.8. The summed E-state index contributed by atoms with van der Waals surface area (Å²) < 4.78 is 41.9. The second-order valence-corrected chi connectivity index (χ2v) is 8.94. The Labute approximate surface area is 211 Å². The third kappa shape index (κ3) is 6.36. The highest BCUT2D eigenvalue weighted by Gasteiger charge is 2.31. The number of anilines is 2. The number of benzene rings is 2. The lowest BCUT2D eigenvalue weighted by Gasteiger charge is -2.18. The van der Waals surface area contributed by atoms with E-state index >= 15 is 0 Å². The Bertz CT molecular complexity index is 1300. The van der Waals surface area contributed by atoms with E-state index in [1.807, 2.05) is 6.92 Å². The number of carbonyl (C=O) groups excluding carboxylic acids is 1. The minimum absolute atomic E-state index is 0.0176. The van der Waals surface area contributed by atoms with Gasteiger partial charge in [-0.1, -0.05) is 11.6 Å². The zero-order valence-electron chi connectivity index (χ0n) is 20.2. The van der Waals surface area contributed by atoms with Crippen LogP contribution in [0.2, 0.25) is 5.02 Å². The Hall–Kier alpha value is -3.54. The van der Waals surface area contributed by atoms with Crippen LogP contribution >= 0.6 is 11.6 Å². The van der Waals surface area contributed by atoms with E-state index in [2.05, 4.69) is 10.4 Å². The summed E-state index contributed by atoms with van der Waals surface area (Å²) in [6, 6.07) is 7.78. The number of hydrogen-bond acceptors (Lipinski definition) is 6. The fraction of sp³-hybridized carbons (Fsp3) is 0.250. The molecule has 12 heteroatoms. The summed E-state index contributed by atoms with van der Waals surface area (Å²) >= 11 is 6.29. The summed E-state index contributed by atoms with van der Waals surface area (Å²) in [4.78, 5) is 14.7. The molecule has 0 saturated heterocycles. The van der Waals surface area contributed by atoms with Crippen molar-refractivity contribution in [3.05, 3.63) is 81.8 Å². The second-order valence-electron chi connectivity index (χ2n) is 8.53.